The molecule has 154 valence electrons. The summed E-state index contributed by atoms with van der Waals surface area (Å²) in [5, 5.41) is 0. The fourth-order valence-corrected chi connectivity index (χ4v) is 3.13. The van der Waals surface area contributed by atoms with Gasteiger partial charge in [-0.05, 0) is 18.6 Å². The molecule has 0 spiro atoms. The highest BCUT2D eigenvalue weighted by Gasteiger charge is 2.64. The average Bonchev–Trinajstić information content (AvgIpc) is 3.43. The number of rotatable bonds is 7. The first-order valence-electron chi connectivity index (χ1n) is 9.07. The third-order valence-corrected chi connectivity index (χ3v) is 4.78. The number of carbonyl (C=O) groups is 1. The van der Waals surface area contributed by atoms with Crippen molar-refractivity contribution in [1.82, 2.24) is 0 Å². The van der Waals surface area contributed by atoms with Crippen molar-refractivity contribution >= 4 is 12.0 Å². The van der Waals surface area contributed by atoms with Crippen LogP contribution in [0.1, 0.15) is 18.1 Å². The Balaban J connectivity index is 1.91. The van der Waals surface area contributed by atoms with Gasteiger partial charge >= 0.3 is 12.1 Å². The van der Waals surface area contributed by atoms with E-state index in [0.29, 0.717) is 0 Å². The molecule has 0 saturated carbocycles. The smallest absolute Gasteiger partial charge is 0.432 e. The number of esters is 1. The van der Waals surface area contributed by atoms with Gasteiger partial charge < -0.3 is 14.2 Å². The molecule has 1 heterocycles. The van der Waals surface area contributed by atoms with E-state index in [-0.39, 0.29) is 11.7 Å². The quantitative estimate of drug-likeness (QED) is 0.502. The maximum atomic E-state index is 14.0. The highest BCUT2D eigenvalue weighted by Crippen LogP contribution is 2.43. The summed E-state index contributed by atoms with van der Waals surface area (Å²) in [5.74, 6) is -1.54. The summed E-state index contributed by atoms with van der Waals surface area (Å²) < 4.78 is 57.5. The second-order valence-electron chi connectivity index (χ2n) is 6.69. The van der Waals surface area contributed by atoms with Gasteiger partial charge in [0.25, 0.3) is 5.60 Å². The highest BCUT2D eigenvalue weighted by atomic mass is 19.4. The van der Waals surface area contributed by atoms with Crippen LogP contribution in [0.2, 0.25) is 0 Å². The largest absolute Gasteiger partial charge is 0.453 e. The zero-order chi connectivity index (χ0) is 21.1. The molecule has 0 amide bonds. The summed E-state index contributed by atoms with van der Waals surface area (Å²) in [7, 11) is 0.840. The van der Waals surface area contributed by atoms with Gasteiger partial charge in [-0.2, -0.15) is 13.2 Å². The predicted molar refractivity (Wildman–Crippen MR) is 101 cm³/mol. The molecule has 0 unspecified atom stereocenters. The SMILES string of the molecule is CO[C@](C(=O)O[C@H](/C=C/c1ccccc1)[C@H]1O[C@H]1C)(c1ccccc1)C(F)(F)F. The van der Waals surface area contributed by atoms with Gasteiger partial charge in [-0.3, -0.25) is 0 Å². The molecular weight excluding hydrogens is 385 g/mol. The van der Waals surface area contributed by atoms with E-state index in [4.69, 9.17) is 14.2 Å². The van der Waals surface area contributed by atoms with Crippen molar-refractivity contribution in [2.45, 2.75) is 37.0 Å². The van der Waals surface area contributed by atoms with Crippen molar-refractivity contribution in [2.24, 2.45) is 0 Å². The van der Waals surface area contributed by atoms with Gasteiger partial charge in [0.05, 0.1) is 6.10 Å². The van der Waals surface area contributed by atoms with E-state index in [2.05, 4.69) is 0 Å². The molecule has 29 heavy (non-hydrogen) atoms. The summed E-state index contributed by atoms with van der Waals surface area (Å²) >= 11 is 0. The van der Waals surface area contributed by atoms with Gasteiger partial charge in [0.15, 0.2) is 0 Å². The monoisotopic (exact) mass is 406 g/mol. The van der Waals surface area contributed by atoms with E-state index in [9.17, 15) is 18.0 Å². The predicted octanol–water partition coefficient (Wildman–Crippen LogP) is 4.50. The fourth-order valence-electron chi connectivity index (χ4n) is 3.13. The first kappa shape index (κ1) is 21.1. The molecule has 0 N–H and O–H groups in total. The molecule has 0 bridgehead atoms. The first-order chi connectivity index (χ1) is 13.8. The Morgan fingerprint density at radius 3 is 2.10 bits per heavy atom. The Morgan fingerprint density at radius 2 is 1.62 bits per heavy atom. The molecule has 2 aromatic carbocycles. The first-order valence-corrected chi connectivity index (χ1v) is 9.07. The second-order valence-corrected chi connectivity index (χ2v) is 6.69. The number of carbonyl (C=O) groups excluding carboxylic acids is 1. The molecule has 1 fully saturated rings. The zero-order valence-electron chi connectivity index (χ0n) is 15.9. The van der Waals surface area contributed by atoms with Gasteiger partial charge in [0, 0.05) is 12.7 Å². The number of methoxy groups -OCH3 is 1. The Bertz CT molecular complexity index is 851. The molecule has 0 aliphatic carbocycles. The van der Waals surface area contributed by atoms with E-state index in [1.165, 1.54) is 30.3 Å². The average molecular weight is 406 g/mol. The molecule has 0 radical (unpaired) electrons. The van der Waals surface area contributed by atoms with E-state index < -0.39 is 30.0 Å². The second kappa shape index (κ2) is 8.39. The maximum Gasteiger partial charge on any atom is 0.432 e. The van der Waals surface area contributed by atoms with Crippen molar-refractivity contribution in [2.75, 3.05) is 7.11 Å². The van der Waals surface area contributed by atoms with E-state index >= 15 is 0 Å². The van der Waals surface area contributed by atoms with Crippen LogP contribution in [0.4, 0.5) is 13.2 Å². The minimum Gasteiger partial charge on any atom is -0.453 e. The summed E-state index contributed by atoms with van der Waals surface area (Å²) in [6, 6.07) is 15.9. The van der Waals surface area contributed by atoms with Gasteiger partial charge in [0.1, 0.15) is 12.2 Å². The number of hydrogen-bond donors (Lipinski definition) is 0. The lowest BCUT2D eigenvalue weighted by atomic mass is 9.92. The van der Waals surface area contributed by atoms with E-state index in [1.54, 1.807) is 19.1 Å². The molecule has 1 aliphatic heterocycles. The lowest BCUT2D eigenvalue weighted by Gasteiger charge is -2.33. The molecular formula is C22H21F3O4. The highest BCUT2D eigenvalue weighted by molar-refractivity contribution is 5.83. The summed E-state index contributed by atoms with van der Waals surface area (Å²) in [6.07, 6.45) is -3.55. The van der Waals surface area contributed by atoms with Crippen molar-refractivity contribution in [3.05, 3.63) is 77.9 Å². The van der Waals surface area contributed by atoms with E-state index in [0.717, 1.165) is 12.7 Å². The lowest BCUT2D eigenvalue weighted by molar-refractivity contribution is -0.277. The maximum absolute atomic E-state index is 14.0. The molecule has 7 heteroatoms. The Labute approximate surface area is 166 Å². The Hall–Kier alpha value is -2.64. The van der Waals surface area contributed by atoms with Gasteiger partial charge in [0.2, 0.25) is 0 Å². The topological polar surface area (TPSA) is 48.1 Å². The van der Waals surface area contributed by atoms with Crippen LogP contribution >= 0.6 is 0 Å². The van der Waals surface area contributed by atoms with Crippen LogP contribution in [-0.2, 0) is 24.6 Å². The van der Waals surface area contributed by atoms with Crippen LogP contribution in [0.15, 0.2) is 66.7 Å². The lowest BCUT2D eigenvalue weighted by Crippen LogP contribution is -2.52. The Morgan fingerprint density at radius 1 is 1.07 bits per heavy atom. The molecule has 0 aromatic heterocycles. The fraction of sp³-hybridized carbons (Fsp3) is 0.318. The van der Waals surface area contributed by atoms with Crippen molar-refractivity contribution < 1.29 is 32.2 Å². The molecule has 3 rings (SSSR count). The molecule has 2 aromatic rings. The van der Waals surface area contributed by atoms with Crippen molar-refractivity contribution in [1.29, 1.82) is 0 Å². The van der Waals surface area contributed by atoms with Crippen LogP contribution in [0.3, 0.4) is 0 Å². The number of benzene rings is 2. The summed E-state index contributed by atoms with van der Waals surface area (Å²) in [4.78, 5) is 12.8. The van der Waals surface area contributed by atoms with Crippen LogP contribution in [0.25, 0.3) is 6.08 Å². The number of ether oxygens (including phenoxy) is 3. The van der Waals surface area contributed by atoms with Crippen LogP contribution in [0.5, 0.6) is 0 Å². The van der Waals surface area contributed by atoms with Gasteiger partial charge in [-0.1, -0.05) is 66.7 Å². The van der Waals surface area contributed by atoms with Crippen molar-refractivity contribution in [3.63, 3.8) is 0 Å². The van der Waals surface area contributed by atoms with Crippen LogP contribution < -0.4 is 0 Å². The number of halogens is 3. The number of alkyl halides is 3. The summed E-state index contributed by atoms with van der Waals surface area (Å²) in [6.45, 7) is 1.76. The normalized spacial score (nSPS) is 22.1. The molecule has 4 atom stereocenters. The third-order valence-electron chi connectivity index (χ3n) is 4.78. The zero-order valence-corrected chi connectivity index (χ0v) is 15.9. The minimum absolute atomic E-state index is 0.229. The van der Waals surface area contributed by atoms with Crippen molar-refractivity contribution in [3.8, 4) is 0 Å². The standard InChI is InChI=1S/C22H21F3O4/c1-15-19(28-15)18(14-13-16-9-5-3-6-10-16)29-20(26)21(27-2,22(23,24)25)17-11-7-4-8-12-17/h3-15,18-19H,1-2H3/b14-13+/t15-,18+,19-,21-/m0/s1. The van der Waals surface area contributed by atoms with E-state index in [1.807, 2.05) is 30.3 Å². The summed E-state index contributed by atoms with van der Waals surface area (Å²) in [5.41, 5.74) is -2.76. The molecule has 4 nitrogen and oxygen atoms in total. The van der Waals surface area contributed by atoms with Crippen LogP contribution in [0, 0.1) is 0 Å². The van der Waals surface area contributed by atoms with Gasteiger partial charge in [-0.15, -0.1) is 0 Å². The number of epoxide rings is 1. The molecule has 1 aliphatic rings. The Kier molecular flexibility index (Phi) is 6.10. The molecule has 1 saturated heterocycles. The minimum atomic E-state index is -5.02. The number of hydrogen-bond acceptors (Lipinski definition) is 4. The third kappa shape index (κ3) is 4.36. The van der Waals surface area contributed by atoms with Crippen LogP contribution in [-0.4, -0.2) is 37.6 Å². The van der Waals surface area contributed by atoms with Gasteiger partial charge in [-0.25, -0.2) is 4.79 Å².